The molecule has 7 heteroatoms. The fraction of sp³-hybridized carbons (Fsp3) is 0.421. The van der Waals surface area contributed by atoms with Crippen LogP contribution in [0.3, 0.4) is 0 Å². The number of benzene rings is 1. The number of halogens is 1. The van der Waals surface area contributed by atoms with Gasteiger partial charge >= 0.3 is 6.03 Å². The van der Waals surface area contributed by atoms with E-state index in [1.807, 2.05) is 12.1 Å². The van der Waals surface area contributed by atoms with Crippen molar-refractivity contribution in [3.63, 3.8) is 0 Å². The molecular weight excluding hydrogens is 368 g/mol. The summed E-state index contributed by atoms with van der Waals surface area (Å²) in [5, 5.41) is 8.66. The summed E-state index contributed by atoms with van der Waals surface area (Å²) in [6, 6.07) is 11.3. The number of nitrogens with zero attached hydrogens (tertiary/aromatic N) is 2. The summed E-state index contributed by atoms with van der Waals surface area (Å²) in [6.45, 7) is 6.16. The van der Waals surface area contributed by atoms with Gasteiger partial charge in [0, 0.05) is 47.8 Å². The number of amides is 2. The molecular formula is C19H25ClN4OS. The fourth-order valence-electron chi connectivity index (χ4n) is 3.32. The van der Waals surface area contributed by atoms with E-state index in [2.05, 4.69) is 51.9 Å². The van der Waals surface area contributed by atoms with Gasteiger partial charge in [-0.2, -0.15) is 0 Å². The number of hydrogen-bond donors (Lipinski definition) is 2. The van der Waals surface area contributed by atoms with Gasteiger partial charge in [0.1, 0.15) is 0 Å². The first kappa shape index (κ1) is 19.2. The average Bonchev–Trinajstić information content (AvgIpc) is 3.11. The van der Waals surface area contributed by atoms with Crippen LogP contribution in [0, 0.1) is 0 Å². The molecule has 140 valence electrons. The molecule has 2 amide bonds. The minimum absolute atomic E-state index is 0.0174. The van der Waals surface area contributed by atoms with Crippen LogP contribution >= 0.6 is 22.9 Å². The van der Waals surface area contributed by atoms with E-state index in [4.69, 9.17) is 11.6 Å². The SMILES string of the molecule is C[C@@H](NC(=O)Nc1cccc(Cl)c1)[C@@H](c1cccs1)N1CCN(C)CC1. The van der Waals surface area contributed by atoms with Gasteiger partial charge < -0.3 is 15.5 Å². The van der Waals surface area contributed by atoms with Crippen molar-refractivity contribution >= 4 is 34.7 Å². The van der Waals surface area contributed by atoms with Gasteiger partial charge in [-0.25, -0.2) is 4.79 Å². The molecule has 0 unspecified atom stereocenters. The maximum absolute atomic E-state index is 12.5. The Morgan fingerprint density at radius 1 is 1.19 bits per heavy atom. The topological polar surface area (TPSA) is 47.6 Å². The van der Waals surface area contributed by atoms with Crippen molar-refractivity contribution in [3.05, 3.63) is 51.7 Å². The van der Waals surface area contributed by atoms with E-state index >= 15 is 0 Å². The summed E-state index contributed by atoms with van der Waals surface area (Å²) in [7, 11) is 2.15. The van der Waals surface area contributed by atoms with E-state index in [1.165, 1.54) is 4.88 Å². The van der Waals surface area contributed by atoms with Gasteiger partial charge in [0.2, 0.25) is 0 Å². The smallest absolute Gasteiger partial charge is 0.319 e. The molecule has 1 aliphatic heterocycles. The monoisotopic (exact) mass is 392 g/mol. The first-order valence-electron chi connectivity index (χ1n) is 8.82. The number of urea groups is 1. The number of rotatable bonds is 5. The van der Waals surface area contributed by atoms with Gasteiger partial charge in [-0.05, 0) is 43.6 Å². The first-order valence-corrected chi connectivity index (χ1v) is 10.1. The van der Waals surface area contributed by atoms with Crippen molar-refractivity contribution < 1.29 is 4.79 Å². The Morgan fingerprint density at radius 2 is 1.96 bits per heavy atom. The van der Waals surface area contributed by atoms with Crippen LogP contribution in [0.25, 0.3) is 0 Å². The molecule has 0 saturated carbocycles. The highest BCUT2D eigenvalue weighted by molar-refractivity contribution is 7.10. The third-order valence-electron chi connectivity index (χ3n) is 4.68. The molecule has 1 fully saturated rings. The zero-order valence-corrected chi connectivity index (χ0v) is 16.7. The second kappa shape index (κ2) is 8.86. The second-order valence-electron chi connectivity index (χ2n) is 6.70. The van der Waals surface area contributed by atoms with Crippen molar-refractivity contribution in [3.8, 4) is 0 Å². The summed E-state index contributed by atoms with van der Waals surface area (Å²) in [4.78, 5) is 18.5. The summed E-state index contributed by atoms with van der Waals surface area (Å²) in [5.41, 5.74) is 0.689. The minimum Gasteiger partial charge on any atom is -0.333 e. The maximum Gasteiger partial charge on any atom is 0.319 e. The Balaban J connectivity index is 1.67. The predicted octanol–water partition coefficient (Wildman–Crippen LogP) is 3.90. The van der Waals surface area contributed by atoms with E-state index in [1.54, 1.807) is 23.5 Å². The van der Waals surface area contributed by atoms with E-state index in [-0.39, 0.29) is 18.1 Å². The lowest BCUT2D eigenvalue weighted by atomic mass is 10.1. The predicted molar refractivity (Wildman–Crippen MR) is 109 cm³/mol. The lowest BCUT2D eigenvalue weighted by Gasteiger charge is -2.40. The van der Waals surface area contributed by atoms with Crippen molar-refractivity contribution in [2.45, 2.75) is 19.0 Å². The molecule has 2 atom stereocenters. The van der Waals surface area contributed by atoms with Crippen molar-refractivity contribution in [1.82, 2.24) is 15.1 Å². The number of carbonyl (C=O) groups excluding carboxylic acids is 1. The van der Waals surface area contributed by atoms with Gasteiger partial charge in [-0.15, -0.1) is 11.3 Å². The molecule has 0 bridgehead atoms. The van der Waals surface area contributed by atoms with Gasteiger partial charge in [0.15, 0.2) is 0 Å². The second-order valence-corrected chi connectivity index (χ2v) is 8.11. The Bertz CT molecular complexity index is 716. The van der Waals surface area contributed by atoms with Gasteiger partial charge in [-0.3, -0.25) is 4.90 Å². The summed E-state index contributed by atoms with van der Waals surface area (Å²) in [5.74, 6) is 0. The number of likely N-dealkylation sites (N-methyl/N-ethyl adjacent to an activating group) is 1. The Morgan fingerprint density at radius 3 is 2.62 bits per heavy atom. The highest BCUT2D eigenvalue weighted by Crippen LogP contribution is 2.29. The first-order chi connectivity index (χ1) is 12.5. The molecule has 2 N–H and O–H groups in total. The molecule has 0 aliphatic carbocycles. The molecule has 2 aromatic rings. The van der Waals surface area contributed by atoms with Crippen LogP contribution in [0.15, 0.2) is 41.8 Å². The molecule has 26 heavy (non-hydrogen) atoms. The summed E-state index contributed by atoms with van der Waals surface area (Å²) < 4.78 is 0. The zero-order valence-electron chi connectivity index (χ0n) is 15.1. The fourth-order valence-corrected chi connectivity index (χ4v) is 4.48. The summed E-state index contributed by atoms with van der Waals surface area (Å²) >= 11 is 7.73. The van der Waals surface area contributed by atoms with Crippen LogP contribution in [-0.4, -0.2) is 55.1 Å². The van der Waals surface area contributed by atoms with Crippen LogP contribution in [0.4, 0.5) is 10.5 Å². The molecule has 2 heterocycles. The standard InChI is InChI=1S/C19H25ClN4OS/c1-14(21-19(25)22-16-6-3-5-15(20)13-16)18(17-7-4-12-26-17)24-10-8-23(2)9-11-24/h3-7,12-14,18H,8-11H2,1-2H3,(H2,21,22,25)/t14-,18+/m1/s1. The number of piperazine rings is 1. The van der Waals surface area contributed by atoms with Crippen molar-refractivity contribution in [2.24, 2.45) is 0 Å². The lowest BCUT2D eigenvalue weighted by molar-refractivity contribution is 0.0971. The van der Waals surface area contributed by atoms with Crippen molar-refractivity contribution in [2.75, 3.05) is 38.5 Å². The number of nitrogens with one attached hydrogen (secondary N) is 2. The van der Waals surface area contributed by atoms with Gasteiger partial charge in [-0.1, -0.05) is 23.7 Å². The molecule has 1 saturated heterocycles. The number of anilines is 1. The quantitative estimate of drug-likeness (QED) is 0.811. The van der Waals surface area contributed by atoms with Crippen molar-refractivity contribution in [1.29, 1.82) is 0 Å². The molecule has 3 rings (SSSR count). The maximum atomic E-state index is 12.5. The minimum atomic E-state index is -0.213. The summed E-state index contributed by atoms with van der Waals surface area (Å²) in [6.07, 6.45) is 0. The molecule has 1 aromatic carbocycles. The van der Waals surface area contributed by atoms with Crippen LogP contribution in [0.1, 0.15) is 17.8 Å². The van der Waals surface area contributed by atoms with E-state index in [0.29, 0.717) is 10.7 Å². The van der Waals surface area contributed by atoms with E-state index in [0.717, 1.165) is 26.2 Å². The molecule has 1 aliphatic rings. The number of thiophene rings is 1. The van der Waals surface area contributed by atoms with Gasteiger partial charge in [0.25, 0.3) is 0 Å². The lowest BCUT2D eigenvalue weighted by Crippen LogP contribution is -2.51. The largest absolute Gasteiger partial charge is 0.333 e. The van der Waals surface area contributed by atoms with Crippen LogP contribution < -0.4 is 10.6 Å². The average molecular weight is 393 g/mol. The van der Waals surface area contributed by atoms with Crippen LogP contribution in [-0.2, 0) is 0 Å². The van der Waals surface area contributed by atoms with E-state index < -0.39 is 0 Å². The van der Waals surface area contributed by atoms with Crippen LogP contribution in [0.5, 0.6) is 0 Å². The molecule has 0 radical (unpaired) electrons. The normalized spacial score (nSPS) is 18.3. The third kappa shape index (κ3) is 4.98. The van der Waals surface area contributed by atoms with Crippen LogP contribution in [0.2, 0.25) is 5.02 Å². The molecule has 0 spiro atoms. The molecule has 1 aromatic heterocycles. The third-order valence-corrected chi connectivity index (χ3v) is 5.86. The van der Waals surface area contributed by atoms with Gasteiger partial charge in [0.05, 0.1) is 6.04 Å². The van der Waals surface area contributed by atoms with E-state index in [9.17, 15) is 4.79 Å². The zero-order chi connectivity index (χ0) is 18.5. The number of carbonyl (C=O) groups is 1. The Hall–Kier alpha value is -1.60. The highest BCUT2D eigenvalue weighted by Gasteiger charge is 2.30. The Labute approximate surface area is 163 Å². The number of hydrogen-bond acceptors (Lipinski definition) is 4. The molecule has 5 nitrogen and oxygen atoms in total. The highest BCUT2D eigenvalue weighted by atomic mass is 35.5. The Kier molecular flexibility index (Phi) is 6.53.